The molecule has 0 saturated heterocycles. The Hall–Kier alpha value is 0.580. The third kappa shape index (κ3) is 5.37. The molecule has 0 spiro atoms. The van der Waals surface area contributed by atoms with Crippen molar-refractivity contribution in [1.82, 2.24) is 0 Å². The molecule has 0 aliphatic carbocycles. The van der Waals surface area contributed by atoms with Crippen molar-refractivity contribution in [3.05, 3.63) is 23.0 Å². The van der Waals surface area contributed by atoms with Gasteiger partial charge in [-0.25, -0.2) is 0 Å². The minimum atomic E-state index is -3.19. The van der Waals surface area contributed by atoms with Crippen LogP contribution in [0.2, 0.25) is 0 Å². The van der Waals surface area contributed by atoms with E-state index in [0.29, 0.717) is 5.57 Å². The van der Waals surface area contributed by atoms with E-state index in [-0.39, 0.29) is 5.03 Å². The van der Waals surface area contributed by atoms with E-state index in [9.17, 15) is 4.57 Å². The van der Waals surface area contributed by atoms with Crippen LogP contribution in [-0.4, -0.2) is 0 Å². The lowest BCUT2D eigenvalue weighted by Crippen LogP contribution is -1.69. The summed E-state index contributed by atoms with van der Waals surface area (Å²) in [7, 11) is 0. The van der Waals surface area contributed by atoms with Gasteiger partial charge in [-0.05, 0) is 35.0 Å². The first-order chi connectivity index (χ1) is 4.33. The summed E-state index contributed by atoms with van der Waals surface area (Å²) in [4.78, 5) is 0. The Labute approximate surface area is 74.6 Å². The fraction of sp³-hybridized carbons (Fsp3) is 0.200. The lowest BCUT2D eigenvalue weighted by molar-refractivity contribution is 0.597. The van der Waals surface area contributed by atoms with Crippen LogP contribution in [0.3, 0.4) is 0 Å². The molecule has 58 valence electrons. The summed E-state index contributed by atoms with van der Waals surface area (Å²) in [6, 6.07) is 0. The third-order valence-electron chi connectivity index (χ3n) is 0.671. The van der Waals surface area contributed by atoms with Gasteiger partial charge in [0, 0.05) is 10.8 Å². The topological polar surface area (TPSA) is 17.1 Å². The van der Waals surface area contributed by atoms with E-state index < -0.39 is 5.85 Å². The quantitative estimate of drug-likeness (QED) is 0.499. The SMILES string of the molecule is C=C(C)/C(Cl)=C\P(=O)(Cl)Cl. The molecule has 0 heterocycles. The van der Waals surface area contributed by atoms with Crippen LogP contribution < -0.4 is 0 Å². The Balaban J connectivity index is 4.48. The maximum atomic E-state index is 10.7. The van der Waals surface area contributed by atoms with E-state index in [0.717, 1.165) is 5.82 Å². The molecular formula is C5H6Cl3OP. The minimum absolute atomic E-state index is 0.244. The second kappa shape index (κ2) is 3.82. The zero-order valence-electron chi connectivity index (χ0n) is 5.27. The molecule has 0 fully saturated rings. The van der Waals surface area contributed by atoms with Gasteiger partial charge in [0.15, 0.2) is 0 Å². The molecule has 0 N–H and O–H groups in total. The maximum Gasteiger partial charge on any atom is 0.276 e. The minimum Gasteiger partial charge on any atom is -0.285 e. The van der Waals surface area contributed by atoms with E-state index >= 15 is 0 Å². The molecule has 0 unspecified atom stereocenters. The van der Waals surface area contributed by atoms with Crippen molar-refractivity contribution in [1.29, 1.82) is 0 Å². The molecule has 1 nitrogen and oxygen atoms in total. The van der Waals surface area contributed by atoms with Crippen molar-refractivity contribution >= 4 is 39.9 Å². The first kappa shape index (κ1) is 10.6. The van der Waals surface area contributed by atoms with Gasteiger partial charge in [0.2, 0.25) is 0 Å². The normalized spacial score (nSPS) is 13.4. The molecule has 0 aliphatic heterocycles. The molecule has 0 aromatic rings. The molecule has 0 aromatic carbocycles. The summed E-state index contributed by atoms with van der Waals surface area (Å²) in [5.74, 6) is -2.09. The highest BCUT2D eigenvalue weighted by Crippen LogP contribution is 2.59. The Kier molecular flexibility index (Phi) is 4.05. The zero-order chi connectivity index (χ0) is 8.36. The lowest BCUT2D eigenvalue weighted by atomic mass is 10.3. The Morgan fingerprint density at radius 1 is 1.60 bits per heavy atom. The molecule has 10 heavy (non-hydrogen) atoms. The first-order valence-corrected chi connectivity index (χ1v) is 6.32. The summed E-state index contributed by atoms with van der Waals surface area (Å²) in [6.07, 6.45) is 0. The standard InChI is InChI=1S/C5H6Cl3OP/c1-4(2)5(6)3-10(7,8)9/h3H,1H2,2H3/b5-3+. The molecule has 5 heteroatoms. The summed E-state index contributed by atoms with van der Waals surface area (Å²) >= 11 is 15.9. The Bertz CT molecular complexity index is 215. The van der Waals surface area contributed by atoms with Gasteiger partial charge in [-0.1, -0.05) is 18.2 Å². The van der Waals surface area contributed by atoms with Gasteiger partial charge in [-0.15, -0.1) is 0 Å². The number of hydrogen-bond donors (Lipinski definition) is 0. The van der Waals surface area contributed by atoms with Gasteiger partial charge in [-0.2, -0.15) is 0 Å². The highest BCUT2D eigenvalue weighted by Gasteiger charge is 2.10. The van der Waals surface area contributed by atoms with E-state index in [1.165, 1.54) is 0 Å². The Morgan fingerprint density at radius 2 is 2.00 bits per heavy atom. The second-order valence-electron chi connectivity index (χ2n) is 1.76. The van der Waals surface area contributed by atoms with Crippen LogP contribution in [0.25, 0.3) is 0 Å². The number of hydrogen-bond acceptors (Lipinski definition) is 1. The predicted molar refractivity (Wildman–Crippen MR) is 48.1 cm³/mol. The molecular weight excluding hydrogens is 213 g/mol. The van der Waals surface area contributed by atoms with Crippen molar-refractivity contribution < 1.29 is 4.57 Å². The van der Waals surface area contributed by atoms with E-state index in [1.54, 1.807) is 6.92 Å². The van der Waals surface area contributed by atoms with Gasteiger partial charge in [0.05, 0.1) is 0 Å². The molecule has 0 aromatic heterocycles. The third-order valence-corrected chi connectivity index (χ3v) is 2.40. The molecule has 0 saturated carbocycles. The maximum absolute atomic E-state index is 10.7. The average molecular weight is 219 g/mol. The molecule has 0 atom stereocenters. The second-order valence-corrected chi connectivity index (χ2v) is 6.96. The van der Waals surface area contributed by atoms with Crippen LogP contribution >= 0.6 is 39.9 Å². The summed E-state index contributed by atoms with van der Waals surface area (Å²) in [6.45, 7) is 5.17. The average Bonchev–Trinajstić information content (AvgIpc) is 1.60. The van der Waals surface area contributed by atoms with Gasteiger partial charge >= 0.3 is 0 Å². The van der Waals surface area contributed by atoms with Crippen LogP contribution in [0.15, 0.2) is 23.0 Å². The van der Waals surface area contributed by atoms with Gasteiger partial charge in [-0.3, -0.25) is 4.57 Å². The van der Waals surface area contributed by atoms with Crippen LogP contribution in [0.4, 0.5) is 0 Å². The largest absolute Gasteiger partial charge is 0.285 e. The molecule has 0 rings (SSSR count). The molecule has 0 bridgehead atoms. The molecule has 0 aliphatic rings. The fourth-order valence-electron chi connectivity index (χ4n) is 0.242. The molecule has 0 amide bonds. The van der Waals surface area contributed by atoms with Gasteiger partial charge in [0.1, 0.15) is 0 Å². The fourth-order valence-corrected chi connectivity index (χ4v) is 2.02. The molecule has 0 radical (unpaired) electrons. The van der Waals surface area contributed by atoms with Crippen molar-refractivity contribution in [2.75, 3.05) is 0 Å². The summed E-state index contributed by atoms with van der Waals surface area (Å²) in [5.41, 5.74) is 0.586. The van der Waals surface area contributed by atoms with Crippen LogP contribution in [0, 0.1) is 0 Å². The zero-order valence-corrected chi connectivity index (χ0v) is 8.44. The van der Waals surface area contributed by atoms with Crippen LogP contribution in [-0.2, 0) is 4.57 Å². The number of allylic oxidation sites excluding steroid dienone is 2. The smallest absolute Gasteiger partial charge is 0.276 e. The summed E-state index contributed by atoms with van der Waals surface area (Å²) < 4.78 is 10.7. The summed E-state index contributed by atoms with van der Waals surface area (Å²) in [5, 5.41) is 0.244. The monoisotopic (exact) mass is 218 g/mol. The van der Waals surface area contributed by atoms with Gasteiger partial charge in [0.25, 0.3) is 5.85 Å². The number of rotatable bonds is 2. The van der Waals surface area contributed by atoms with Crippen LogP contribution in [0.1, 0.15) is 6.92 Å². The van der Waals surface area contributed by atoms with E-state index in [4.69, 9.17) is 34.1 Å². The van der Waals surface area contributed by atoms with Crippen molar-refractivity contribution in [3.63, 3.8) is 0 Å². The first-order valence-electron chi connectivity index (χ1n) is 2.36. The highest BCUT2D eigenvalue weighted by molar-refractivity contribution is 8.10. The predicted octanol–water partition coefficient (Wildman–Crippen LogP) is 4.31. The highest BCUT2D eigenvalue weighted by atomic mass is 35.9. The van der Waals surface area contributed by atoms with E-state index in [2.05, 4.69) is 6.58 Å². The lowest BCUT2D eigenvalue weighted by Gasteiger charge is -1.95. The number of halogens is 3. The Morgan fingerprint density at radius 3 is 2.10 bits per heavy atom. The van der Waals surface area contributed by atoms with Crippen molar-refractivity contribution in [2.24, 2.45) is 0 Å². The van der Waals surface area contributed by atoms with E-state index in [1.807, 2.05) is 0 Å². The van der Waals surface area contributed by atoms with Crippen molar-refractivity contribution in [3.8, 4) is 0 Å². The van der Waals surface area contributed by atoms with Crippen molar-refractivity contribution in [2.45, 2.75) is 6.92 Å². The van der Waals surface area contributed by atoms with Crippen LogP contribution in [0.5, 0.6) is 0 Å². The van der Waals surface area contributed by atoms with Gasteiger partial charge < -0.3 is 0 Å².